The monoisotopic (exact) mass is 386 g/mol. The molecule has 0 saturated carbocycles. The van der Waals surface area contributed by atoms with Gasteiger partial charge in [-0.15, -0.1) is 0 Å². The highest BCUT2D eigenvalue weighted by molar-refractivity contribution is 6.34. The van der Waals surface area contributed by atoms with E-state index in [1.165, 1.54) is 0 Å². The highest BCUT2D eigenvalue weighted by atomic mass is 16.4. The zero-order chi connectivity index (χ0) is 20.4. The van der Waals surface area contributed by atoms with Gasteiger partial charge in [-0.25, -0.2) is 0 Å². The molecule has 0 aliphatic carbocycles. The topological polar surface area (TPSA) is 95.3 Å². The first-order valence-corrected chi connectivity index (χ1v) is 8.96. The number of benzene rings is 2. The Kier molecular flexibility index (Phi) is 4.78. The van der Waals surface area contributed by atoms with Gasteiger partial charge in [-0.1, -0.05) is 48.5 Å². The van der Waals surface area contributed by atoms with Crippen molar-refractivity contribution in [3.63, 3.8) is 0 Å². The number of fused-ring (bicyclic) bond motifs is 1. The third-order valence-corrected chi connectivity index (χ3v) is 4.61. The van der Waals surface area contributed by atoms with Gasteiger partial charge in [0, 0.05) is 22.9 Å². The Morgan fingerprint density at radius 2 is 1.66 bits per heavy atom. The number of carboxylic acid groups (broad SMARTS) is 1. The molecule has 0 fully saturated rings. The number of amides is 2. The number of nitrogens with zero attached hydrogens (tertiary/aromatic N) is 3. The summed E-state index contributed by atoms with van der Waals surface area (Å²) in [5.41, 5.74) is 2.73. The molecule has 0 bridgehead atoms. The van der Waals surface area contributed by atoms with E-state index in [2.05, 4.69) is 5.10 Å². The third-order valence-electron chi connectivity index (χ3n) is 4.61. The minimum Gasteiger partial charge on any atom is -0.548 e. The van der Waals surface area contributed by atoms with Crippen LogP contribution < -0.4 is 5.11 Å². The summed E-state index contributed by atoms with van der Waals surface area (Å²) < 4.78 is 1.74. The van der Waals surface area contributed by atoms with Crippen LogP contribution >= 0.6 is 0 Å². The average Bonchev–Trinajstić information content (AvgIpc) is 3.16. The molecule has 2 amide bonds. The van der Waals surface area contributed by atoms with Crippen molar-refractivity contribution in [2.24, 2.45) is 0 Å². The molecule has 7 nitrogen and oxygen atoms in total. The molecular formula is C22H16N3O4-. The van der Waals surface area contributed by atoms with Gasteiger partial charge in [-0.2, -0.15) is 5.10 Å². The molecular weight excluding hydrogens is 370 g/mol. The third kappa shape index (κ3) is 3.70. The van der Waals surface area contributed by atoms with E-state index >= 15 is 0 Å². The standard InChI is InChI=1S/C22H17N3O4/c26-20(27)14-25-21(28)18-9-5-4-8-17(18)19(22(25)29)10-16-11-23-24(13-16)12-15-6-2-1-3-7-15/h1-11,13H,12,14H2,(H,26,27)/p-1. The molecule has 29 heavy (non-hydrogen) atoms. The zero-order valence-electron chi connectivity index (χ0n) is 15.3. The van der Waals surface area contributed by atoms with Crippen molar-refractivity contribution in [2.45, 2.75) is 6.54 Å². The maximum atomic E-state index is 12.9. The Labute approximate surface area is 166 Å². The number of hydrogen-bond donors (Lipinski definition) is 0. The summed E-state index contributed by atoms with van der Waals surface area (Å²) in [4.78, 5) is 37.1. The van der Waals surface area contributed by atoms with Crippen molar-refractivity contribution in [1.29, 1.82) is 0 Å². The van der Waals surface area contributed by atoms with Crippen LogP contribution in [0.3, 0.4) is 0 Å². The van der Waals surface area contributed by atoms with E-state index in [0.29, 0.717) is 22.6 Å². The molecule has 7 heteroatoms. The molecule has 1 aromatic heterocycles. The predicted octanol–water partition coefficient (Wildman–Crippen LogP) is 1.20. The maximum absolute atomic E-state index is 12.9. The number of aromatic nitrogens is 2. The van der Waals surface area contributed by atoms with Gasteiger partial charge in [-0.3, -0.25) is 19.2 Å². The van der Waals surface area contributed by atoms with E-state index in [0.717, 1.165) is 5.56 Å². The lowest BCUT2D eigenvalue weighted by Crippen LogP contribution is -2.47. The van der Waals surface area contributed by atoms with Gasteiger partial charge in [-0.05, 0) is 23.3 Å². The first-order chi connectivity index (χ1) is 14.0. The quantitative estimate of drug-likeness (QED) is 0.485. The molecule has 4 rings (SSSR count). The van der Waals surface area contributed by atoms with Crippen LogP contribution in [-0.2, 0) is 16.1 Å². The largest absolute Gasteiger partial charge is 0.548 e. The van der Waals surface area contributed by atoms with Crippen LogP contribution in [0.4, 0.5) is 0 Å². The molecule has 0 unspecified atom stereocenters. The number of rotatable bonds is 5. The lowest BCUT2D eigenvalue weighted by atomic mass is 9.92. The van der Waals surface area contributed by atoms with Crippen LogP contribution in [0.5, 0.6) is 0 Å². The van der Waals surface area contributed by atoms with Crippen molar-refractivity contribution in [3.05, 3.63) is 89.2 Å². The zero-order valence-corrected chi connectivity index (χ0v) is 15.3. The van der Waals surface area contributed by atoms with E-state index in [9.17, 15) is 19.5 Å². The fraction of sp³-hybridized carbons (Fsp3) is 0.0909. The lowest BCUT2D eigenvalue weighted by Gasteiger charge is -2.28. The summed E-state index contributed by atoms with van der Waals surface area (Å²) in [7, 11) is 0. The highest BCUT2D eigenvalue weighted by Gasteiger charge is 2.34. The molecule has 0 atom stereocenters. The molecule has 144 valence electrons. The fourth-order valence-corrected chi connectivity index (χ4v) is 3.29. The molecule has 0 radical (unpaired) electrons. The van der Waals surface area contributed by atoms with E-state index in [4.69, 9.17) is 0 Å². The number of carboxylic acids is 1. The molecule has 2 heterocycles. The number of aliphatic carboxylic acids is 1. The van der Waals surface area contributed by atoms with Crippen molar-refractivity contribution in [2.75, 3.05) is 6.54 Å². The van der Waals surface area contributed by atoms with Gasteiger partial charge < -0.3 is 9.90 Å². The molecule has 0 spiro atoms. The summed E-state index contributed by atoms with van der Waals surface area (Å²) in [6, 6.07) is 16.4. The number of imide groups is 1. The van der Waals surface area contributed by atoms with Crippen LogP contribution in [-0.4, -0.2) is 39.0 Å². The predicted molar refractivity (Wildman–Crippen MR) is 103 cm³/mol. The van der Waals surface area contributed by atoms with Crippen LogP contribution in [0.2, 0.25) is 0 Å². The van der Waals surface area contributed by atoms with Gasteiger partial charge in [0.25, 0.3) is 11.8 Å². The minimum absolute atomic E-state index is 0.237. The fourth-order valence-electron chi connectivity index (χ4n) is 3.29. The minimum atomic E-state index is -1.50. The summed E-state index contributed by atoms with van der Waals surface area (Å²) in [6.45, 7) is -0.222. The molecule has 3 aromatic rings. The second kappa shape index (κ2) is 7.55. The highest BCUT2D eigenvalue weighted by Crippen LogP contribution is 2.30. The first-order valence-electron chi connectivity index (χ1n) is 8.96. The molecule has 1 aliphatic heterocycles. The summed E-state index contributed by atoms with van der Waals surface area (Å²) >= 11 is 0. The number of carbonyl (C=O) groups excluding carboxylic acids is 3. The van der Waals surface area contributed by atoms with Gasteiger partial charge in [0.15, 0.2) is 0 Å². The Balaban J connectivity index is 1.70. The van der Waals surface area contributed by atoms with Crippen LogP contribution in [0.15, 0.2) is 67.0 Å². The Hall–Kier alpha value is -4.00. The van der Waals surface area contributed by atoms with Crippen LogP contribution in [0, 0.1) is 0 Å². The second-order valence-electron chi connectivity index (χ2n) is 6.63. The Morgan fingerprint density at radius 3 is 2.38 bits per heavy atom. The normalized spacial score (nSPS) is 14.9. The number of carbonyl (C=O) groups is 3. The summed E-state index contributed by atoms with van der Waals surface area (Å²) in [6.07, 6.45) is 5.02. The molecule has 0 N–H and O–H groups in total. The Morgan fingerprint density at radius 1 is 0.966 bits per heavy atom. The van der Waals surface area contributed by atoms with Crippen molar-refractivity contribution < 1.29 is 19.5 Å². The SMILES string of the molecule is O=C([O-])CN1C(=O)C(=Cc2cnn(Cc3ccccc3)c2)c2ccccc2C1=O. The van der Waals surface area contributed by atoms with Crippen LogP contribution in [0.25, 0.3) is 11.6 Å². The van der Waals surface area contributed by atoms with Crippen molar-refractivity contribution >= 4 is 29.4 Å². The van der Waals surface area contributed by atoms with Crippen molar-refractivity contribution in [3.8, 4) is 0 Å². The molecule has 1 aliphatic rings. The first kappa shape index (κ1) is 18.4. The number of hydrogen-bond acceptors (Lipinski definition) is 5. The van der Waals surface area contributed by atoms with Crippen molar-refractivity contribution in [1.82, 2.24) is 14.7 Å². The average molecular weight is 386 g/mol. The van der Waals surface area contributed by atoms with E-state index in [1.807, 2.05) is 30.3 Å². The van der Waals surface area contributed by atoms with Gasteiger partial charge in [0.05, 0.1) is 25.3 Å². The van der Waals surface area contributed by atoms with E-state index < -0.39 is 24.3 Å². The molecule has 2 aromatic carbocycles. The van der Waals surface area contributed by atoms with Gasteiger partial charge in [0.1, 0.15) is 0 Å². The van der Waals surface area contributed by atoms with Gasteiger partial charge >= 0.3 is 0 Å². The summed E-state index contributed by atoms with van der Waals surface area (Å²) in [5, 5.41) is 15.3. The van der Waals surface area contributed by atoms with Crippen LogP contribution in [0.1, 0.15) is 27.0 Å². The van der Waals surface area contributed by atoms with E-state index in [1.54, 1.807) is 47.4 Å². The molecule has 0 saturated heterocycles. The van der Waals surface area contributed by atoms with E-state index in [-0.39, 0.29) is 11.1 Å². The van der Waals surface area contributed by atoms with Gasteiger partial charge in [0.2, 0.25) is 0 Å². The maximum Gasteiger partial charge on any atom is 0.261 e. The smallest absolute Gasteiger partial charge is 0.261 e. The Bertz CT molecular complexity index is 1130. The second-order valence-corrected chi connectivity index (χ2v) is 6.63. The summed E-state index contributed by atoms with van der Waals surface area (Å²) in [5.74, 6) is -2.82. The lowest BCUT2D eigenvalue weighted by molar-refractivity contribution is -0.305.